The van der Waals surface area contributed by atoms with Gasteiger partial charge in [-0.2, -0.15) is 0 Å². The SMILES string of the molecule is CC(=NO)c1ccc(F)cc1OCC(=O)N1CCCCC1. The van der Waals surface area contributed by atoms with Crippen LogP contribution in [0.25, 0.3) is 0 Å². The predicted octanol–water partition coefficient (Wildman–Crippen LogP) is 2.42. The number of halogens is 1. The molecule has 21 heavy (non-hydrogen) atoms. The molecule has 1 N–H and O–H groups in total. The van der Waals surface area contributed by atoms with Gasteiger partial charge in [-0.15, -0.1) is 0 Å². The molecule has 0 saturated carbocycles. The van der Waals surface area contributed by atoms with E-state index in [1.54, 1.807) is 11.8 Å². The molecule has 1 aliphatic heterocycles. The van der Waals surface area contributed by atoms with E-state index in [9.17, 15) is 9.18 Å². The topological polar surface area (TPSA) is 62.1 Å². The van der Waals surface area contributed by atoms with Gasteiger partial charge in [0.2, 0.25) is 0 Å². The third-order valence-corrected chi connectivity index (χ3v) is 3.54. The summed E-state index contributed by atoms with van der Waals surface area (Å²) in [6.07, 6.45) is 3.16. The third kappa shape index (κ3) is 3.93. The fourth-order valence-electron chi connectivity index (χ4n) is 2.34. The number of piperidine rings is 1. The molecule has 0 aromatic heterocycles. The van der Waals surface area contributed by atoms with Gasteiger partial charge in [-0.1, -0.05) is 5.16 Å². The van der Waals surface area contributed by atoms with Crippen molar-refractivity contribution in [2.45, 2.75) is 26.2 Å². The van der Waals surface area contributed by atoms with Crippen molar-refractivity contribution in [1.82, 2.24) is 4.90 Å². The molecule has 0 atom stereocenters. The van der Waals surface area contributed by atoms with Gasteiger partial charge in [0.05, 0.1) is 5.71 Å². The minimum absolute atomic E-state index is 0.108. The molecule has 6 heteroatoms. The van der Waals surface area contributed by atoms with E-state index in [1.807, 2.05) is 0 Å². The lowest BCUT2D eigenvalue weighted by Gasteiger charge is -2.26. The summed E-state index contributed by atoms with van der Waals surface area (Å²) in [5, 5.41) is 11.9. The van der Waals surface area contributed by atoms with Crippen LogP contribution in [0.2, 0.25) is 0 Å². The van der Waals surface area contributed by atoms with Crippen LogP contribution in [-0.2, 0) is 4.79 Å². The molecule has 1 heterocycles. The van der Waals surface area contributed by atoms with Crippen molar-refractivity contribution in [2.24, 2.45) is 5.16 Å². The summed E-state index contributed by atoms with van der Waals surface area (Å²) < 4.78 is 18.7. The highest BCUT2D eigenvalue weighted by Crippen LogP contribution is 2.21. The van der Waals surface area contributed by atoms with Gasteiger partial charge in [0.1, 0.15) is 11.6 Å². The smallest absolute Gasteiger partial charge is 0.260 e. The molecule has 0 unspecified atom stereocenters. The number of likely N-dealkylation sites (tertiary alicyclic amines) is 1. The first-order chi connectivity index (χ1) is 10.1. The first-order valence-electron chi connectivity index (χ1n) is 7.01. The van der Waals surface area contributed by atoms with Crippen LogP contribution < -0.4 is 4.74 Å². The summed E-state index contributed by atoms with van der Waals surface area (Å²) in [5.74, 6) is -0.371. The largest absolute Gasteiger partial charge is 0.483 e. The Kier molecular flexibility index (Phi) is 5.14. The number of hydrogen-bond acceptors (Lipinski definition) is 4. The summed E-state index contributed by atoms with van der Waals surface area (Å²) in [6, 6.07) is 3.90. The molecule has 5 nitrogen and oxygen atoms in total. The molecule has 1 saturated heterocycles. The summed E-state index contributed by atoms with van der Waals surface area (Å²) in [4.78, 5) is 13.8. The highest BCUT2D eigenvalue weighted by atomic mass is 19.1. The molecule has 0 bridgehead atoms. The number of ether oxygens (including phenoxy) is 1. The van der Waals surface area contributed by atoms with E-state index in [4.69, 9.17) is 9.94 Å². The molecule has 0 spiro atoms. The number of benzene rings is 1. The standard InChI is InChI=1S/C15H19FN2O3/c1-11(17-20)13-6-5-12(16)9-14(13)21-10-15(19)18-7-3-2-4-8-18/h5-6,9,20H,2-4,7-8,10H2,1H3. The van der Waals surface area contributed by atoms with Crippen LogP contribution in [0, 0.1) is 5.82 Å². The number of rotatable bonds is 4. The zero-order chi connectivity index (χ0) is 15.2. The van der Waals surface area contributed by atoms with Gasteiger partial charge in [0, 0.05) is 24.7 Å². The van der Waals surface area contributed by atoms with Crippen LogP contribution in [0.4, 0.5) is 4.39 Å². The van der Waals surface area contributed by atoms with Crippen LogP contribution in [0.5, 0.6) is 5.75 Å². The Labute approximate surface area is 123 Å². The minimum atomic E-state index is -0.468. The third-order valence-electron chi connectivity index (χ3n) is 3.54. The van der Waals surface area contributed by atoms with Crippen LogP contribution >= 0.6 is 0 Å². The van der Waals surface area contributed by atoms with E-state index >= 15 is 0 Å². The predicted molar refractivity (Wildman–Crippen MR) is 76.3 cm³/mol. The van der Waals surface area contributed by atoms with Gasteiger partial charge in [-0.25, -0.2) is 4.39 Å². The first-order valence-corrected chi connectivity index (χ1v) is 7.01. The quantitative estimate of drug-likeness (QED) is 0.527. The summed E-state index contributed by atoms with van der Waals surface area (Å²) in [7, 11) is 0. The minimum Gasteiger partial charge on any atom is -0.483 e. The van der Waals surface area contributed by atoms with Gasteiger partial charge >= 0.3 is 0 Å². The highest BCUT2D eigenvalue weighted by Gasteiger charge is 2.18. The molecule has 0 radical (unpaired) electrons. The molecule has 1 fully saturated rings. The van der Waals surface area contributed by atoms with Gasteiger partial charge in [0.15, 0.2) is 6.61 Å². The van der Waals surface area contributed by atoms with Gasteiger partial charge < -0.3 is 14.8 Å². The molecule has 2 rings (SSSR count). The Morgan fingerprint density at radius 3 is 2.76 bits per heavy atom. The second-order valence-electron chi connectivity index (χ2n) is 5.06. The lowest BCUT2D eigenvalue weighted by Crippen LogP contribution is -2.38. The lowest BCUT2D eigenvalue weighted by molar-refractivity contribution is -0.134. The van der Waals surface area contributed by atoms with Gasteiger partial charge in [-0.05, 0) is 38.3 Å². The highest BCUT2D eigenvalue weighted by molar-refractivity contribution is 6.00. The van der Waals surface area contributed by atoms with Crippen molar-refractivity contribution in [3.63, 3.8) is 0 Å². The molecule has 1 aromatic carbocycles. The second-order valence-corrected chi connectivity index (χ2v) is 5.06. The fourth-order valence-corrected chi connectivity index (χ4v) is 2.34. The number of oxime groups is 1. The average Bonchev–Trinajstić information content (AvgIpc) is 2.52. The van der Waals surface area contributed by atoms with E-state index in [0.29, 0.717) is 11.3 Å². The molecule has 114 valence electrons. The number of carbonyl (C=O) groups is 1. The maximum atomic E-state index is 13.3. The zero-order valence-electron chi connectivity index (χ0n) is 12.0. The number of amides is 1. The van der Waals surface area contributed by atoms with E-state index < -0.39 is 5.82 Å². The van der Waals surface area contributed by atoms with Crippen molar-refractivity contribution < 1.29 is 19.1 Å². The number of carbonyl (C=O) groups excluding carboxylic acids is 1. The zero-order valence-corrected chi connectivity index (χ0v) is 12.0. The molecule has 1 aliphatic rings. The monoisotopic (exact) mass is 294 g/mol. The van der Waals surface area contributed by atoms with Crippen LogP contribution in [-0.4, -0.2) is 41.4 Å². The van der Waals surface area contributed by atoms with Crippen molar-refractivity contribution >= 4 is 11.6 Å². The Balaban J connectivity index is 2.05. The molecule has 1 aromatic rings. The average molecular weight is 294 g/mol. The molecular weight excluding hydrogens is 275 g/mol. The van der Waals surface area contributed by atoms with Crippen LogP contribution in [0.1, 0.15) is 31.7 Å². The second kappa shape index (κ2) is 7.06. The maximum absolute atomic E-state index is 13.3. The van der Waals surface area contributed by atoms with Crippen molar-refractivity contribution in [3.8, 4) is 5.75 Å². The van der Waals surface area contributed by atoms with E-state index in [1.165, 1.54) is 18.2 Å². The molecular formula is C15H19FN2O3. The van der Waals surface area contributed by atoms with Gasteiger partial charge in [0.25, 0.3) is 5.91 Å². The number of hydrogen-bond donors (Lipinski definition) is 1. The van der Waals surface area contributed by atoms with E-state index in [-0.39, 0.29) is 18.3 Å². The summed E-state index contributed by atoms with van der Waals surface area (Å²) in [6.45, 7) is 2.92. The molecule has 0 aliphatic carbocycles. The number of nitrogens with zero attached hydrogens (tertiary/aromatic N) is 2. The van der Waals surface area contributed by atoms with Crippen molar-refractivity contribution in [2.75, 3.05) is 19.7 Å². The van der Waals surface area contributed by atoms with Crippen molar-refractivity contribution in [1.29, 1.82) is 0 Å². The Bertz CT molecular complexity index is 540. The normalized spacial score (nSPS) is 15.9. The van der Waals surface area contributed by atoms with Crippen LogP contribution in [0.15, 0.2) is 23.4 Å². The lowest BCUT2D eigenvalue weighted by atomic mass is 10.1. The summed E-state index contributed by atoms with van der Waals surface area (Å²) >= 11 is 0. The van der Waals surface area contributed by atoms with E-state index in [2.05, 4.69) is 5.16 Å². The summed E-state index contributed by atoms with van der Waals surface area (Å²) in [5.41, 5.74) is 0.765. The first kappa shape index (κ1) is 15.3. The maximum Gasteiger partial charge on any atom is 0.260 e. The Morgan fingerprint density at radius 1 is 1.38 bits per heavy atom. The Hall–Kier alpha value is -2.11. The van der Waals surface area contributed by atoms with Crippen molar-refractivity contribution in [3.05, 3.63) is 29.6 Å². The molecule has 1 amide bonds. The fraction of sp³-hybridized carbons (Fsp3) is 0.467. The van der Waals surface area contributed by atoms with E-state index in [0.717, 1.165) is 32.4 Å². The van der Waals surface area contributed by atoms with Crippen LogP contribution in [0.3, 0.4) is 0 Å². The Morgan fingerprint density at radius 2 is 2.10 bits per heavy atom. The van der Waals surface area contributed by atoms with Gasteiger partial charge in [-0.3, -0.25) is 4.79 Å².